The summed E-state index contributed by atoms with van der Waals surface area (Å²) in [5, 5.41) is 0.754. The normalized spacial score (nSPS) is 10.9. The first-order valence-electron chi connectivity index (χ1n) is 12.1. The number of aryl methyl sites for hydroxylation is 2. The van der Waals surface area contributed by atoms with Gasteiger partial charge in [-0.1, -0.05) is 42.0 Å². The highest BCUT2D eigenvalue weighted by Gasteiger charge is 2.18. The highest BCUT2D eigenvalue weighted by atomic mass is 16.5. The average Bonchev–Trinajstić information content (AvgIpc) is 3.45. The Kier molecular flexibility index (Phi) is 7.12. The Morgan fingerprint density at radius 2 is 1.78 bits per heavy atom. The van der Waals surface area contributed by atoms with E-state index in [0.29, 0.717) is 46.2 Å². The van der Waals surface area contributed by atoms with Gasteiger partial charge in [-0.2, -0.15) is 0 Å². The maximum atomic E-state index is 13.3. The summed E-state index contributed by atoms with van der Waals surface area (Å²) < 4.78 is 20.0. The van der Waals surface area contributed by atoms with E-state index < -0.39 is 0 Å². The van der Waals surface area contributed by atoms with E-state index in [1.54, 1.807) is 44.0 Å². The number of hydrogen-bond acceptors (Lipinski definition) is 6. The van der Waals surface area contributed by atoms with Gasteiger partial charge in [-0.05, 0) is 37.6 Å². The van der Waals surface area contributed by atoms with Crippen molar-refractivity contribution in [3.05, 3.63) is 108 Å². The Bertz CT molecular complexity index is 1520. The van der Waals surface area contributed by atoms with E-state index in [2.05, 4.69) is 9.97 Å². The van der Waals surface area contributed by atoms with Crippen molar-refractivity contribution in [3.8, 4) is 23.0 Å². The number of ketones is 1. The van der Waals surface area contributed by atoms with Crippen molar-refractivity contribution in [1.29, 1.82) is 0 Å². The lowest BCUT2D eigenvalue weighted by Gasteiger charge is -2.15. The monoisotopic (exact) mass is 493 g/mol. The number of imidazole rings is 1. The molecule has 0 N–H and O–H groups in total. The smallest absolute Gasteiger partial charge is 0.196 e. The second-order valence-electron chi connectivity index (χ2n) is 8.63. The molecule has 0 atom stereocenters. The van der Waals surface area contributed by atoms with Gasteiger partial charge in [-0.15, -0.1) is 0 Å². The van der Waals surface area contributed by atoms with Crippen LogP contribution in [0.3, 0.4) is 0 Å². The van der Waals surface area contributed by atoms with Gasteiger partial charge < -0.3 is 18.8 Å². The van der Waals surface area contributed by atoms with Crippen LogP contribution in [0, 0.1) is 6.92 Å². The molecule has 2 heterocycles. The van der Waals surface area contributed by atoms with E-state index in [-0.39, 0.29) is 5.78 Å². The van der Waals surface area contributed by atoms with Crippen LogP contribution in [-0.4, -0.2) is 34.0 Å². The molecule has 0 saturated heterocycles. The maximum absolute atomic E-state index is 13.3. The Balaban J connectivity index is 1.42. The second-order valence-corrected chi connectivity index (χ2v) is 8.63. The van der Waals surface area contributed by atoms with Crippen LogP contribution in [-0.2, 0) is 6.54 Å². The first-order chi connectivity index (χ1) is 18.1. The SMILES string of the molecule is COc1cc2c(Oc3ccc(C)cc3C(=O)c3ccccc3)ccnc2cc1OCCCn1ccnc1. The third-order valence-corrected chi connectivity index (χ3v) is 6.00. The van der Waals surface area contributed by atoms with E-state index in [0.717, 1.165) is 23.9 Å². The van der Waals surface area contributed by atoms with E-state index >= 15 is 0 Å². The number of nitrogens with zero attached hydrogens (tertiary/aromatic N) is 3. The molecule has 7 heteroatoms. The number of carbonyl (C=O) groups excluding carboxylic acids is 1. The highest BCUT2D eigenvalue weighted by Crippen LogP contribution is 2.38. The molecule has 3 aromatic carbocycles. The average molecular weight is 494 g/mol. The van der Waals surface area contributed by atoms with E-state index in [1.807, 2.05) is 66.2 Å². The molecule has 186 valence electrons. The fourth-order valence-electron chi connectivity index (χ4n) is 4.11. The zero-order valence-electron chi connectivity index (χ0n) is 20.8. The number of ether oxygens (including phenoxy) is 3. The fraction of sp³-hybridized carbons (Fsp3) is 0.167. The molecule has 5 aromatic rings. The van der Waals surface area contributed by atoms with Crippen LogP contribution in [0.2, 0.25) is 0 Å². The Labute approximate surface area is 215 Å². The minimum absolute atomic E-state index is 0.0957. The summed E-state index contributed by atoms with van der Waals surface area (Å²) in [5.74, 6) is 2.14. The molecule has 37 heavy (non-hydrogen) atoms. The highest BCUT2D eigenvalue weighted by molar-refractivity contribution is 6.11. The Hall–Kier alpha value is -4.65. The van der Waals surface area contributed by atoms with Gasteiger partial charge in [0.15, 0.2) is 17.3 Å². The first-order valence-corrected chi connectivity index (χ1v) is 12.1. The molecule has 0 amide bonds. The maximum Gasteiger partial charge on any atom is 0.196 e. The summed E-state index contributed by atoms with van der Waals surface area (Å²) in [6.45, 7) is 3.28. The minimum Gasteiger partial charge on any atom is -0.493 e. The van der Waals surface area contributed by atoms with Crippen LogP contribution < -0.4 is 14.2 Å². The zero-order chi connectivity index (χ0) is 25.6. The van der Waals surface area contributed by atoms with Crippen LogP contribution in [0.1, 0.15) is 27.9 Å². The first kappa shape index (κ1) is 24.1. The molecule has 2 aromatic heterocycles. The molecule has 0 aliphatic carbocycles. The van der Waals surface area contributed by atoms with E-state index in [9.17, 15) is 4.79 Å². The number of hydrogen-bond donors (Lipinski definition) is 0. The molecule has 7 nitrogen and oxygen atoms in total. The summed E-state index contributed by atoms with van der Waals surface area (Å²) >= 11 is 0. The van der Waals surface area contributed by atoms with Crippen molar-refractivity contribution in [2.45, 2.75) is 19.9 Å². The number of aromatic nitrogens is 3. The predicted octanol–water partition coefficient (Wildman–Crippen LogP) is 6.24. The number of pyridine rings is 1. The molecule has 0 aliphatic rings. The number of benzene rings is 3. The van der Waals surface area contributed by atoms with Crippen molar-refractivity contribution in [3.63, 3.8) is 0 Å². The van der Waals surface area contributed by atoms with Gasteiger partial charge >= 0.3 is 0 Å². The van der Waals surface area contributed by atoms with E-state index in [4.69, 9.17) is 14.2 Å². The number of fused-ring (bicyclic) bond motifs is 1. The van der Waals surface area contributed by atoms with Gasteiger partial charge in [0.1, 0.15) is 11.5 Å². The van der Waals surface area contributed by atoms with Crippen LogP contribution >= 0.6 is 0 Å². The van der Waals surface area contributed by atoms with Crippen LogP contribution in [0.15, 0.2) is 91.6 Å². The molecule has 0 saturated carbocycles. The molecule has 0 bridgehead atoms. The van der Waals surface area contributed by atoms with Crippen molar-refractivity contribution in [2.75, 3.05) is 13.7 Å². The van der Waals surface area contributed by atoms with Gasteiger partial charge in [0.25, 0.3) is 0 Å². The number of carbonyl (C=O) groups is 1. The van der Waals surface area contributed by atoms with Gasteiger partial charge in [-0.3, -0.25) is 9.78 Å². The van der Waals surface area contributed by atoms with Gasteiger partial charge in [0.2, 0.25) is 0 Å². The second kappa shape index (κ2) is 11.0. The molecular formula is C30H27N3O4. The standard InChI is InChI=1S/C30H27N3O4/c1-21-9-10-26(24(17-21)30(34)22-7-4-3-5-8-22)37-27-11-12-32-25-19-29(28(35-2)18-23(25)27)36-16-6-14-33-15-13-31-20-33/h3-5,7-13,15,17-20H,6,14,16H2,1-2H3. The topological polar surface area (TPSA) is 75.5 Å². The van der Waals surface area contributed by atoms with Crippen molar-refractivity contribution >= 4 is 16.7 Å². The Morgan fingerprint density at radius 1 is 0.919 bits per heavy atom. The van der Waals surface area contributed by atoms with Gasteiger partial charge in [0, 0.05) is 42.2 Å². The largest absolute Gasteiger partial charge is 0.493 e. The Morgan fingerprint density at radius 3 is 2.57 bits per heavy atom. The fourth-order valence-corrected chi connectivity index (χ4v) is 4.11. The summed E-state index contributed by atoms with van der Waals surface area (Å²) in [7, 11) is 1.60. The quantitative estimate of drug-likeness (QED) is 0.169. The predicted molar refractivity (Wildman–Crippen MR) is 142 cm³/mol. The lowest BCUT2D eigenvalue weighted by Crippen LogP contribution is -2.05. The summed E-state index contributed by atoms with van der Waals surface area (Å²) in [4.78, 5) is 21.9. The summed E-state index contributed by atoms with van der Waals surface area (Å²) in [5.41, 5.74) is 2.78. The zero-order valence-corrected chi connectivity index (χ0v) is 20.8. The summed E-state index contributed by atoms with van der Waals surface area (Å²) in [6.07, 6.45) is 7.97. The molecule has 5 rings (SSSR count). The van der Waals surface area contributed by atoms with Crippen LogP contribution in [0.5, 0.6) is 23.0 Å². The number of rotatable bonds is 10. The third kappa shape index (κ3) is 5.46. The van der Waals surface area contributed by atoms with Crippen molar-refractivity contribution < 1.29 is 19.0 Å². The molecule has 0 unspecified atom stereocenters. The lowest BCUT2D eigenvalue weighted by molar-refractivity contribution is 0.103. The lowest BCUT2D eigenvalue weighted by atomic mass is 10.0. The van der Waals surface area contributed by atoms with Crippen molar-refractivity contribution in [1.82, 2.24) is 14.5 Å². The van der Waals surface area contributed by atoms with Crippen LogP contribution in [0.4, 0.5) is 0 Å². The van der Waals surface area contributed by atoms with Gasteiger partial charge in [-0.25, -0.2) is 4.98 Å². The molecule has 0 aliphatic heterocycles. The van der Waals surface area contributed by atoms with E-state index in [1.165, 1.54) is 0 Å². The van der Waals surface area contributed by atoms with Gasteiger partial charge in [0.05, 0.1) is 31.1 Å². The number of methoxy groups -OCH3 is 1. The third-order valence-electron chi connectivity index (χ3n) is 6.00. The molecule has 0 radical (unpaired) electrons. The van der Waals surface area contributed by atoms with Crippen molar-refractivity contribution in [2.24, 2.45) is 0 Å². The molecule has 0 fully saturated rings. The minimum atomic E-state index is -0.0957. The molecule has 0 spiro atoms. The molecular weight excluding hydrogens is 466 g/mol. The van der Waals surface area contributed by atoms with Crippen LogP contribution in [0.25, 0.3) is 10.9 Å². The summed E-state index contributed by atoms with van der Waals surface area (Å²) in [6, 6.07) is 20.3.